The van der Waals surface area contributed by atoms with E-state index in [-0.39, 0.29) is 11.4 Å². The van der Waals surface area contributed by atoms with Crippen LogP contribution < -0.4 is 16.0 Å². The van der Waals surface area contributed by atoms with E-state index in [4.69, 9.17) is 10.5 Å². The average Bonchev–Trinajstić information content (AvgIpc) is 2.34. The van der Waals surface area contributed by atoms with Crippen molar-refractivity contribution in [3.8, 4) is 6.01 Å². The molecule has 1 aliphatic rings. The largest absolute Gasteiger partial charge is 0.463 e. The zero-order valence-electron chi connectivity index (χ0n) is 5.78. The highest BCUT2D eigenvalue weighted by Gasteiger charge is 2.14. The van der Waals surface area contributed by atoms with Gasteiger partial charge in [-0.1, -0.05) is 0 Å². The Kier molecular flexibility index (Phi) is 1.12. The lowest BCUT2D eigenvalue weighted by atomic mass is 10.5. The summed E-state index contributed by atoms with van der Waals surface area (Å²) in [4.78, 5) is 14.9. The lowest BCUT2D eigenvalue weighted by Gasteiger charge is -1.98. The van der Waals surface area contributed by atoms with E-state index in [0.717, 1.165) is 0 Å². The number of fused-ring (bicyclic) bond motifs is 1. The fourth-order valence-corrected chi connectivity index (χ4v) is 1.05. The van der Waals surface area contributed by atoms with Crippen molar-refractivity contribution in [1.29, 1.82) is 0 Å². The number of hydrogen-bond donors (Lipinski definition) is 1. The molecule has 1 aromatic rings. The monoisotopic (exact) mass is 153 g/mol. The number of nitrogen functional groups attached to an aromatic ring is 1. The Hall–Kier alpha value is -1.52. The molecule has 0 saturated heterocycles. The van der Waals surface area contributed by atoms with Crippen molar-refractivity contribution in [3.05, 3.63) is 16.4 Å². The van der Waals surface area contributed by atoms with Crippen LogP contribution in [0.5, 0.6) is 6.01 Å². The Balaban J connectivity index is 2.70. The van der Waals surface area contributed by atoms with Crippen molar-refractivity contribution < 1.29 is 4.74 Å². The molecule has 11 heavy (non-hydrogen) atoms. The van der Waals surface area contributed by atoms with E-state index < -0.39 is 0 Å². The highest BCUT2D eigenvalue weighted by Crippen LogP contribution is 2.11. The second kappa shape index (κ2) is 1.98. The van der Waals surface area contributed by atoms with Crippen molar-refractivity contribution in [2.24, 2.45) is 0 Å². The van der Waals surface area contributed by atoms with Gasteiger partial charge in [0.1, 0.15) is 12.4 Å². The first-order chi connectivity index (χ1) is 5.27. The van der Waals surface area contributed by atoms with Crippen LogP contribution in [0, 0.1) is 0 Å². The highest BCUT2D eigenvalue weighted by atomic mass is 16.5. The van der Waals surface area contributed by atoms with E-state index in [2.05, 4.69) is 4.98 Å². The zero-order chi connectivity index (χ0) is 7.84. The summed E-state index contributed by atoms with van der Waals surface area (Å²) in [5.41, 5.74) is 5.18. The van der Waals surface area contributed by atoms with Gasteiger partial charge in [-0.05, 0) is 0 Å². The Labute approximate surface area is 62.4 Å². The molecule has 1 aliphatic heterocycles. The van der Waals surface area contributed by atoms with Crippen LogP contribution in [0.2, 0.25) is 0 Å². The van der Waals surface area contributed by atoms with Crippen molar-refractivity contribution in [1.82, 2.24) is 9.55 Å². The van der Waals surface area contributed by atoms with Gasteiger partial charge in [0.15, 0.2) is 0 Å². The van der Waals surface area contributed by atoms with Gasteiger partial charge in [-0.15, -0.1) is 0 Å². The van der Waals surface area contributed by atoms with Gasteiger partial charge in [-0.3, -0.25) is 9.36 Å². The van der Waals surface area contributed by atoms with Gasteiger partial charge in [-0.2, -0.15) is 4.98 Å². The van der Waals surface area contributed by atoms with Gasteiger partial charge in [0.2, 0.25) is 0 Å². The molecule has 0 unspecified atom stereocenters. The fourth-order valence-electron chi connectivity index (χ4n) is 1.05. The minimum absolute atomic E-state index is 0.148. The van der Waals surface area contributed by atoms with Gasteiger partial charge in [0.25, 0.3) is 5.56 Å². The smallest absolute Gasteiger partial charge is 0.301 e. The predicted molar refractivity (Wildman–Crippen MR) is 38.4 cm³/mol. The Bertz CT molecular complexity index is 344. The van der Waals surface area contributed by atoms with Gasteiger partial charge in [0.05, 0.1) is 6.54 Å². The third-order valence-corrected chi connectivity index (χ3v) is 1.54. The molecule has 0 fully saturated rings. The van der Waals surface area contributed by atoms with E-state index in [1.54, 1.807) is 0 Å². The maximum absolute atomic E-state index is 11.1. The van der Waals surface area contributed by atoms with Crippen molar-refractivity contribution in [3.63, 3.8) is 0 Å². The Morgan fingerprint density at radius 2 is 2.55 bits per heavy atom. The normalized spacial score (nSPS) is 14.2. The molecule has 0 radical (unpaired) electrons. The maximum atomic E-state index is 11.1. The lowest BCUT2D eigenvalue weighted by molar-refractivity contribution is 0.345. The second-order valence-electron chi connectivity index (χ2n) is 2.30. The van der Waals surface area contributed by atoms with E-state index in [9.17, 15) is 4.79 Å². The van der Waals surface area contributed by atoms with Crippen LogP contribution in [0.3, 0.4) is 0 Å². The van der Waals surface area contributed by atoms with E-state index in [1.165, 1.54) is 10.6 Å². The van der Waals surface area contributed by atoms with Crippen LogP contribution in [0.1, 0.15) is 0 Å². The lowest BCUT2D eigenvalue weighted by Crippen LogP contribution is -2.17. The third kappa shape index (κ3) is 0.849. The first kappa shape index (κ1) is 6.21. The van der Waals surface area contributed by atoms with Gasteiger partial charge in [-0.25, -0.2) is 0 Å². The topological polar surface area (TPSA) is 70.1 Å². The van der Waals surface area contributed by atoms with Crippen molar-refractivity contribution in [2.45, 2.75) is 6.54 Å². The molecule has 0 aliphatic carbocycles. The summed E-state index contributed by atoms with van der Waals surface area (Å²) >= 11 is 0. The van der Waals surface area contributed by atoms with Crippen LogP contribution in [0.25, 0.3) is 0 Å². The summed E-state index contributed by atoms with van der Waals surface area (Å²) in [5, 5.41) is 0. The van der Waals surface area contributed by atoms with E-state index >= 15 is 0 Å². The molecule has 2 heterocycles. The van der Waals surface area contributed by atoms with Gasteiger partial charge < -0.3 is 10.5 Å². The summed E-state index contributed by atoms with van der Waals surface area (Å²) in [6, 6.07) is 1.62. The summed E-state index contributed by atoms with van der Waals surface area (Å²) < 4.78 is 6.49. The molecule has 2 rings (SSSR count). The molecule has 0 amide bonds. The molecular formula is C6H7N3O2. The zero-order valence-corrected chi connectivity index (χ0v) is 5.78. The molecule has 2 N–H and O–H groups in total. The molecular weight excluding hydrogens is 146 g/mol. The van der Waals surface area contributed by atoms with Crippen LogP contribution in [0.15, 0.2) is 10.9 Å². The minimum Gasteiger partial charge on any atom is -0.463 e. The standard InChI is InChI=1S/C6H7N3O2/c7-4-3-5(10)9-1-2-11-6(9)8-4/h3H,1-2,7H2. The molecule has 1 aromatic heterocycles. The minimum atomic E-state index is -0.148. The van der Waals surface area contributed by atoms with Crippen LogP contribution in [-0.4, -0.2) is 16.2 Å². The van der Waals surface area contributed by atoms with Crippen LogP contribution in [-0.2, 0) is 6.54 Å². The van der Waals surface area contributed by atoms with Gasteiger partial charge in [0, 0.05) is 6.07 Å². The number of hydrogen-bond acceptors (Lipinski definition) is 4. The predicted octanol–water partition coefficient (Wildman–Crippen LogP) is -0.782. The fraction of sp³-hybridized carbons (Fsp3) is 0.333. The van der Waals surface area contributed by atoms with E-state index in [0.29, 0.717) is 19.2 Å². The number of rotatable bonds is 0. The molecule has 0 atom stereocenters. The Morgan fingerprint density at radius 3 is 3.36 bits per heavy atom. The number of anilines is 1. The highest BCUT2D eigenvalue weighted by molar-refractivity contribution is 5.28. The Morgan fingerprint density at radius 1 is 1.73 bits per heavy atom. The number of nitrogens with zero attached hydrogens (tertiary/aromatic N) is 2. The molecule has 0 saturated carbocycles. The summed E-state index contributed by atoms with van der Waals surface area (Å²) in [6.07, 6.45) is 0. The first-order valence-electron chi connectivity index (χ1n) is 3.27. The van der Waals surface area contributed by atoms with E-state index in [1.807, 2.05) is 0 Å². The number of ether oxygens (including phenoxy) is 1. The quantitative estimate of drug-likeness (QED) is 0.530. The molecule has 0 bridgehead atoms. The van der Waals surface area contributed by atoms with Crippen LogP contribution >= 0.6 is 0 Å². The molecule has 5 heteroatoms. The molecule has 5 nitrogen and oxygen atoms in total. The van der Waals surface area contributed by atoms with Crippen LogP contribution in [0.4, 0.5) is 5.82 Å². The first-order valence-corrected chi connectivity index (χ1v) is 3.27. The SMILES string of the molecule is Nc1cc(=O)n2c(n1)OCC2. The summed E-state index contributed by atoms with van der Waals surface area (Å²) in [5.74, 6) is 0.211. The summed E-state index contributed by atoms with van der Waals surface area (Å²) in [6.45, 7) is 1.08. The number of aromatic nitrogens is 2. The van der Waals surface area contributed by atoms with Crippen molar-refractivity contribution in [2.75, 3.05) is 12.3 Å². The molecule has 0 spiro atoms. The maximum Gasteiger partial charge on any atom is 0.301 e. The van der Waals surface area contributed by atoms with Gasteiger partial charge >= 0.3 is 6.01 Å². The third-order valence-electron chi connectivity index (χ3n) is 1.54. The average molecular weight is 153 g/mol. The molecule has 58 valence electrons. The van der Waals surface area contributed by atoms with Crippen molar-refractivity contribution >= 4 is 5.82 Å². The summed E-state index contributed by atoms with van der Waals surface area (Å²) in [7, 11) is 0. The second-order valence-corrected chi connectivity index (χ2v) is 2.30. The number of nitrogens with two attached hydrogens (primary N) is 1. The molecule has 0 aromatic carbocycles.